The minimum absolute atomic E-state index is 0.107. The predicted molar refractivity (Wildman–Crippen MR) is 100 cm³/mol. The molecule has 2 aromatic carbocycles. The summed E-state index contributed by atoms with van der Waals surface area (Å²) in [5.41, 5.74) is 6.10. The van der Waals surface area contributed by atoms with Crippen molar-refractivity contribution in [1.82, 2.24) is 10.3 Å². The lowest BCUT2D eigenvalue weighted by Crippen LogP contribution is -2.22. The number of hydrogen-bond acceptors (Lipinski definition) is 3. The van der Waals surface area contributed by atoms with Gasteiger partial charge in [0.1, 0.15) is 5.52 Å². The van der Waals surface area contributed by atoms with Gasteiger partial charge in [0.05, 0.1) is 0 Å². The number of amides is 1. The Balaban J connectivity index is 1.71. The van der Waals surface area contributed by atoms with E-state index in [0.717, 1.165) is 35.1 Å². The number of aromatic nitrogens is 1. The van der Waals surface area contributed by atoms with Crippen LogP contribution in [-0.2, 0) is 11.3 Å². The van der Waals surface area contributed by atoms with Crippen LogP contribution >= 0.6 is 0 Å². The van der Waals surface area contributed by atoms with Gasteiger partial charge in [0.2, 0.25) is 11.8 Å². The molecule has 3 rings (SSSR count). The minimum Gasteiger partial charge on any atom is -0.436 e. The van der Waals surface area contributed by atoms with Crippen LogP contribution in [0.25, 0.3) is 22.6 Å². The molecule has 1 heterocycles. The normalized spacial score (nSPS) is 11.0. The first-order chi connectivity index (χ1) is 12.1. The molecule has 0 unspecified atom stereocenters. The van der Waals surface area contributed by atoms with E-state index in [1.54, 1.807) is 0 Å². The topological polar surface area (TPSA) is 55.1 Å². The van der Waals surface area contributed by atoms with Crippen LogP contribution in [0.4, 0.5) is 0 Å². The van der Waals surface area contributed by atoms with Gasteiger partial charge in [-0.05, 0) is 61.2 Å². The van der Waals surface area contributed by atoms with E-state index in [9.17, 15) is 4.79 Å². The van der Waals surface area contributed by atoms with Gasteiger partial charge in [0.15, 0.2) is 5.58 Å². The second kappa shape index (κ2) is 7.51. The van der Waals surface area contributed by atoms with Gasteiger partial charge in [-0.3, -0.25) is 4.79 Å². The summed E-state index contributed by atoms with van der Waals surface area (Å²) in [6, 6.07) is 12.1. The lowest BCUT2D eigenvalue weighted by molar-refractivity contribution is -0.121. The summed E-state index contributed by atoms with van der Waals surface area (Å²) in [7, 11) is 0. The molecule has 4 nitrogen and oxygen atoms in total. The van der Waals surface area contributed by atoms with E-state index in [4.69, 9.17) is 4.42 Å². The van der Waals surface area contributed by atoms with Crippen LogP contribution in [0, 0.1) is 13.8 Å². The van der Waals surface area contributed by atoms with Gasteiger partial charge >= 0.3 is 0 Å². The first-order valence-corrected chi connectivity index (χ1v) is 8.80. The van der Waals surface area contributed by atoms with Gasteiger partial charge in [-0.1, -0.05) is 25.5 Å². The van der Waals surface area contributed by atoms with Crippen molar-refractivity contribution in [2.75, 3.05) is 0 Å². The Hall–Kier alpha value is -2.62. The zero-order chi connectivity index (χ0) is 17.8. The molecule has 0 fully saturated rings. The Morgan fingerprint density at radius 3 is 2.56 bits per heavy atom. The fourth-order valence-electron chi connectivity index (χ4n) is 2.69. The van der Waals surface area contributed by atoms with E-state index in [2.05, 4.69) is 37.1 Å². The lowest BCUT2D eigenvalue weighted by Gasteiger charge is -2.05. The smallest absolute Gasteiger partial charge is 0.227 e. The van der Waals surface area contributed by atoms with Crippen molar-refractivity contribution in [3.63, 3.8) is 0 Å². The molecule has 0 saturated carbocycles. The van der Waals surface area contributed by atoms with E-state index in [-0.39, 0.29) is 5.91 Å². The molecule has 0 bridgehead atoms. The molecule has 25 heavy (non-hydrogen) atoms. The Labute approximate surface area is 148 Å². The van der Waals surface area contributed by atoms with Gasteiger partial charge in [-0.15, -0.1) is 0 Å². The van der Waals surface area contributed by atoms with Crippen LogP contribution in [0.3, 0.4) is 0 Å². The third-order valence-corrected chi connectivity index (χ3v) is 4.45. The van der Waals surface area contributed by atoms with Crippen molar-refractivity contribution in [2.24, 2.45) is 0 Å². The van der Waals surface area contributed by atoms with E-state index in [1.165, 1.54) is 11.1 Å². The Morgan fingerprint density at radius 2 is 1.84 bits per heavy atom. The molecule has 4 heteroatoms. The summed E-state index contributed by atoms with van der Waals surface area (Å²) in [6.07, 6.45) is 2.56. The van der Waals surface area contributed by atoms with Crippen molar-refractivity contribution >= 4 is 17.0 Å². The average Bonchev–Trinajstić information content (AvgIpc) is 3.01. The fourth-order valence-corrected chi connectivity index (χ4v) is 2.69. The number of fused-ring (bicyclic) bond motifs is 1. The number of aryl methyl sites for hydroxylation is 2. The second-order valence-corrected chi connectivity index (χ2v) is 6.50. The standard InChI is InChI=1S/C21H24N2O2/c1-4-5-6-20(24)22-13-16-7-9-17(10-8-16)21-23-18-11-14(2)15(3)12-19(18)25-21/h7-12H,4-6,13H2,1-3H3,(H,22,24). The van der Waals surface area contributed by atoms with Crippen LogP contribution in [-0.4, -0.2) is 10.9 Å². The largest absolute Gasteiger partial charge is 0.436 e. The molecule has 0 spiro atoms. The van der Waals surface area contributed by atoms with E-state index in [0.29, 0.717) is 18.9 Å². The first-order valence-electron chi connectivity index (χ1n) is 8.80. The zero-order valence-electron chi connectivity index (χ0n) is 15.1. The van der Waals surface area contributed by atoms with Crippen LogP contribution in [0.15, 0.2) is 40.8 Å². The van der Waals surface area contributed by atoms with E-state index < -0.39 is 0 Å². The molecule has 0 aliphatic carbocycles. The fraction of sp³-hybridized carbons (Fsp3) is 0.333. The SMILES string of the molecule is CCCCC(=O)NCc1ccc(-c2nc3cc(C)c(C)cc3o2)cc1. The van der Waals surface area contributed by atoms with Gasteiger partial charge in [0.25, 0.3) is 0 Å². The summed E-state index contributed by atoms with van der Waals surface area (Å²) >= 11 is 0. The predicted octanol–water partition coefficient (Wildman–Crippen LogP) is 4.92. The Kier molecular flexibility index (Phi) is 5.17. The van der Waals surface area contributed by atoms with Gasteiger partial charge in [-0.25, -0.2) is 4.98 Å². The molecular weight excluding hydrogens is 312 g/mol. The molecule has 0 saturated heterocycles. The maximum atomic E-state index is 11.7. The first kappa shape index (κ1) is 17.2. The number of benzene rings is 2. The molecule has 0 aliphatic rings. The number of nitrogens with one attached hydrogen (secondary N) is 1. The summed E-state index contributed by atoms with van der Waals surface area (Å²) in [5.74, 6) is 0.731. The zero-order valence-corrected chi connectivity index (χ0v) is 15.1. The molecule has 3 aromatic rings. The Morgan fingerprint density at radius 1 is 1.12 bits per heavy atom. The van der Waals surface area contributed by atoms with Gasteiger partial charge < -0.3 is 9.73 Å². The molecule has 0 aliphatic heterocycles. The minimum atomic E-state index is 0.107. The highest BCUT2D eigenvalue weighted by Gasteiger charge is 2.10. The molecule has 1 N–H and O–H groups in total. The number of carbonyl (C=O) groups is 1. The van der Waals surface area contributed by atoms with Gasteiger partial charge in [-0.2, -0.15) is 0 Å². The third-order valence-electron chi connectivity index (χ3n) is 4.45. The molecule has 1 amide bonds. The number of unbranched alkanes of at least 4 members (excludes halogenated alkanes) is 1. The van der Waals surface area contributed by atoms with E-state index >= 15 is 0 Å². The van der Waals surface area contributed by atoms with Crippen molar-refractivity contribution < 1.29 is 9.21 Å². The maximum absolute atomic E-state index is 11.7. The van der Waals surface area contributed by atoms with Crippen LogP contribution in [0.2, 0.25) is 0 Å². The third kappa shape index (κ3) is 4.08. The van der Waals surface area contributed by atoms with Crippen molar-refractivity contribution in [2.45, 2.75) is 46.6 Å². The highest BCUT2D eigenvalue weighted by atomic mass is 16.3. The number of hydrogen-bond donors (Lipinski definition) is 1. The van der Waals surface area contributed by atoms with E-state index in [1.807, 2.05) is 30.3 Å². The summed E-state index contributed by atoms with van der Waals surface area (Å²) in [5, 5.41) is 2.95. The highest BCUT2D eigenvalue weighted by molar-refractivity contribution is 5.78. The summed E-state index contributed by atoms with van der Waals surface area (Å²) in [4.78, 5) is 16.3. The molecule has 0 atom stereocenters. The number of rotatable bonds is 6. The van der Waals surface area contributed by atoms with Crippen molar-refractivity contribution in [3.8, 4) is 11.5 Å². The summed E-state index contributed by atoms with van der Waals surface area (Å²) in [6.45, 7) is 6.78. The van der Waals surface area contributed by atoms with Crippen LogP contribution in [0.1, 0.15) is 42.9 Å². The monoisotopic (exact) mass is 336 g/mol. The summed E-state index contributed by atoms with van der Waals surface area (Å²) < 4.78 is 5.89. The Bertz CT molecular complexity index is 840. The molecular formula is C21H24N2O2. The lowest BCUT2D eigenvalue weighted by atomic mass is 10.1. The number of carbonyl (C=O) groups excluding carboxylic acids is 1. The average molecular weight is 336 g/mol. The van der Waals surface area contributed by atoms with Crippen molar-refractivity contribution in [1.29, 1.82) is 0 Å². The molecule has 130 valence electrons. The molecule has 1 aromatic heterocycles. The number of oxazole rings is 1. The van der Waals surface area contributed by atoms with Crippen LogP contribution < -0.4 is 5.32 Å². The second-order valence-electron chi connectivity index (χ2n) is 6.50. The maximum Gasteiger partial charge on any atom is 0.227 e. The van der Waals surface area contributed by atoms with Crippen molar-refractivity contribution in [3.05, 3.63) is 53.1 Å². The highest BCUT2D eigenvalue weighted by Crippen LogP contribution is 2.26. The van der Waals surface area contributed by atoms with Gasteiger partial charge in [0, 0.05) is 18.5 Å². The molecule has 0 radical (unpaired) electrons. The quantitative estimate of drug-likeness (QED) is 0.695. The van der Waals surface area contributed by atoms with Crippen LogP contribution in [0.5, 0.6) is 0 Å². The number of nitrogens with zero attached hydrogens (tertiary/aromatic N) is 1.